The molecule has 0 spiro atoms. The Labute approximate surface area is 51.3 Å². The first-order chi connectivity index (χ1) is 4.22. The third-order valence-electron chi connectivity index (χ3n) is 0.975. The Kier molecular flexibility index (Phi) is 1.14. The van der Waals surface area contributed by atoms with Crippen LogP contribution in [0.15, 0.2) is 12.3 Å². The standard InChI is InChI=1S/C5H5N2O2/c6-4(8)3-1-2-7-5(3)9/h1-2,7H,(H2,6,8). The molecule has 4 nitrogen and oxygen atoms in total. The van der Waals surface area contributed by atoms with Gasteiger partial charge in [-0.05, 0) is 6.07 Å². The maximum absolute atomic E-state index is 10.5. The minimum absolute atomic E-state index is 0.00926. The Hall–Kier alpha value is -1.45. The third kappa shape index (κ3) is 0.861. The monoisotopic (exact) mass is 125 g/mol. The van der Waals surface area contributed by atoms with Crippen molar-refractivity contribution in [3.63, 3.8) is 0 Å². The van der Waals surface area contributed by atoms with Crippen LogP contribution in [0.1, 0.15) is 10.4 Å². The maximum atomic E-state index is 10.5. The Bertz CT molecular complexity index is 229. The minimum Gasteiger partial charge on any atom is -0.365 e. The van der Waals surface area contributed by atoms with Crippen LogP contribution >= 0.6 is 0 Å². The molecular weight excluding hydrogens is 120 g/mol. The molecule has 0 aliphatic rings. The highest BCUT2D eigenvalue weighted by Crippen LogP contribution is 2.11. The molecule has 1 heterocycles. The van der Waals surface area contributed by atoms with Crippen LogP contribution in [0, 0.1) is 0 Å². The quantitative estimate of drug-likeness (QED) is 0.554. The van der Waals surface area contributed by atoms with E-state index in [0.29, 0.717) is 0 Å². The van der Waals surface area contributed by atoms with E-state index in [1.165, 1.54) is 12.3 Å². The van der Waals surface area contributed by atoms with E-state index in [9.17, 15) is 9.90 Å². The SMILES string of the molecule is NC(=O)c1cc[nH]c1[O]. The smallest absolute Gasteiger partial charge is 0.260 e. The highest BCUT2D eigenvalue weighted by molar-refractivity contribution is 5.94. The number of aromatic amines is 1. The normalized spacial score (nSPS) is 9.33. The van der Waals surface area contributed by atoms with Crippen LogP contribution in [0.5, 0.6) is 5.88 Å². The Morgan fingerprint density at radius 3 is 2.56 bits per heavy atom. The summed E-state index contributed by atoms with van der Waals surface area (Å²) in [6.45, 7) is 0. The second-order valence-electron chi connectivity index (χ2n) is 1.58. The van der Waals surface area contributed by atoms with Gasteiger partial charge in [0, 0.05) is 6.20 Å². The molecule has 0 aliphatic carbocycles. The number of nitrogens with one attached hydrogen (secondary N) is 1. The lowest BCUT2D eigenvalue weighted by Crippen LogP contribution is -2.09. The average Bonchev–Trinajstić information content (AvgIpc) is 2.13. The van der Waals surface area contributed by atoms with Crippen molar-refractivity contribution in [2.45, 2.75) is 0 Å². The zero-order valence-corrected chi connectivity index (χ0v) is 4.55. The molecule has 1 aromatic rings. The zero-order valence-electron chi connectivity index (χ0n) is 4.55. The molecule has 1 amide bonds. The van der Waals surface area contributed by atoms with Crippen LogP contribution in [-0.4, -0.2) is 10.9 Å². The lowest BCUT2D eigenvalue weighted by atomic mass is 10.3. The van der Waals surface area contributed by atoms with Crippen molar-refractivity contribution in [2.75, 3.05) is 0 Å². The largest absolute Gasteiger partial charge is 0.365 e. The molecule has 3 N–H and O–H groups in total. The van der Waals surface area contributed by atoms with E-state index in [0.717, 1.165) is 0 Å². The van der Waals surface area contributed by atoms with Crippen LogP contribution in [0.4, 0.5) is 0 Å². The molecule has 47 valence electrons. The summed E-state index contributed by atoms with van der Waals surface area (Å²) in [7, 11) is 0. The number of nitrogens with two attached hydrogens (primary N) is 1. The van der Waals surface area contributed by atoms with Gasteiger partial charge in [0.1, 0.15) is 5.56 Å². The van der Waals surface area contributed by atoms with Gasteiger partial charge in [0.05, 0.1) is 0 Å². The first-order valence-corrected chi connectivity index (χ1v) is 2.36. The minimum atomic E-state index is -0.693. The molecule has 0 bridgehead atoms. The fourth-order valence-corrected chi connectivity index (χ4v) is 0.548. The van der Waals surface area contributed by atoms with Crippen molar-refractivity contribution in [3.8, 4) is 5.88 Å². The van der Waals surface area contributed by atoms with E-state index in [1.807, 2.05) is 0 Å². The molecule has 4 heteroatoms. The highest BCUT2D eigenvalue weighted by Gasteiger charge is 2.07. The predicted molar refractivity (Wildman–Crippen MR) is 29.4 cm³/mol. The summed E-state index contributed by atoms with van der Waals surface area (Å²) in [4.78, 5) is 12.6. The number of amides is 1. The molecule has 0 fully saturated rings. The predicted octanol–water partition coefficient (Wildman–Crippen LogP) is 0.257. The number of rotatable bonds is 1. The summed E-state index contributed by atoms with van der Waals surface area (Å²) in [5.74, 6) is -1.12. The molecule has 1 radical (unpaired) electrons. The number of aromatic nitrogens is 1. The molecule has 9 heavy (non-hydrogen) atoms. The Morgan fingerprint density at radius 1 is 1.67 bits per heavy atom. The zero-order chi connectivity index (χ0) is 6.85. The van der Waals surface area contributed by atoms with Gasteiger partial charge in [0.25, 0.3) is 11.8 Å². The van der Waals surface area contributed by atoms with Gasteiger partial charge in [0.2, 0.25) is 0 Å². The van der Waals surface area contributed by atoms with Crippen LogP contribution in [-0.2, 0) is 5.11 Å². The van der Waals surface area contributed by atoms with Crippen molar-refractivity contribution >= 4 is 5.91 Å². The molecule has 0 aliphatic heterocycles. The van der Waals surface area contributed by atoms with Gasteiger partial charge in [-0.1, -0.05) is 0 Å². The van der Waals surface area contributed by atoms with Gasteiger partial charge in [-0.15, -0.1) is 0 Å². The molecule has 0 saturated carbocycles. The molecule has 0 unspecified atom stereocenters. The van der Waals surface area contributed by atoms with Crippen LogP contribution in [0.3, 0.4) is 0 Å². The van der Waals surface area contributed by atoms with Gasteiger partial charge in [0.15, 0.2) is 0 Å². The van der Waals surface area contributed by atoms with E-state index in [1.54, 1.807) is 0 Å². The van der Waals surface area contributed by atoms with E-state index in [2.05, 4.69) is 4.98 Å². The van der Waals surface area contributed by atoms with Crippen molar-refractivity contribution in [1.29, 1.82) is 0 Å². The summed E-state index contributed by atoms with van der Waals surface area (Å²) >= 11 is 0. The lowest BCUT2D eigenvalue weighted by Gasteiger charge is -1.83. The van der Waals surface area contributed by atoms with E-state index in [-0.39, 0.29) is 5.56 Å². The Morgan fingerprint density at radius 2 is 2.33 bits per heavy atom. The number of hydrogen-bond acceptors (Lipinski definition) is 1. The Balaban J connectivity index is 3.08. The molecular formula is C5H5N2O2. The van der Waals surface area contributed by atoms with Gasteiger partial charge in [-0.2, -0.15) is 0 Å². The first kappa shape index (κ1) is 5.68. The summed E-state index contributed by atoms with van der Waals surface area (Å²) in [5.41, 5.74) is 4.81. The van der Waals surface area contributed by atoms with Gasteiger partial charge in [-0.25, -0.2) is 0 Å². The molecule has 1 aromatic heterocycles. The van der Waals surface area contributed by atoms with Crippen LogP contribution < -0.4 is 5.73 Å². The number of H-pyrrole nitrogens is 1. The second kappa shape index (κ2) is 1.81. The van der Waals surface area contributed by atoms with Crippen molar-refractivity contribution in [2.24, 2.45) is 5.73 Å². The lowest BCUT2D eigenvalue weighted by molar-refractivity contribution is 0.0996. The summed E-state index contributed by atoms with van der Waals surface area (Å²) in [5, 5.41) is 10.5. The molecule has 1 rings (SSSR count). The van der Waals surface area contributed by atoms with Gasteiger partial charge in [-0.3, -0.25) is 9.90 Å². The second-order valence-corrected chi connectivity index (χ2v) is 1.58. The fraction of sp³-hybridized carbons (Fsp3) is 0. The van der Waals surface area contributed by atoms with Crippen LogP contribution in [0.2, 0.25) is 0 Å². The summed E-state index contributed by atoms with van der Waals surface area (Å²) in [6, 6.07) is 1.35. The molecule has 0 saturated heterocycles. The van der Waals surface area contributed by atoms with Crippen LogP contribution in [0.25, 0.3) is 0 Å². The maximum Gasteiger partial charge on any atom is 0.260 e. The summed E-state index contributed by atoms with van der Waals surface area (Å²) < 4.78 is 0. The average molecular weight is 125 g/mol. The van der Waals surface area contributed by atoms with Crippen molar-refractivity contribution in [3.05, 3.63) is 17.8 Å². The van der Waals surface area contributed by atoms with Gasteiger partial charge < -0.3 is 10.7 Å². The third-order valence-corrected chi connectivity index (χ3v) is 0.975. The number of carbonyl (C=O) groups is 1. The summed E-state index contributed by atoms with van der Waals surface area (Å²) in [6.07, 6.45) is 1.38. The van der Waals surface area contributed by atoms with Crippen molar-refractivity contribution in [1.82, 2.24) is 4.98 Å². The fourth-order valence-electron chi connectivity index (χ4n) is 0.548. The van der Waals surface area contributed by atoms with Crippen molar-refractivity contribution < 1.29 is 9.90 Å². The highest BCUT2D eigenvalue weighted by atomic mass is 16.3. The van der Waals surface area contributed by atoms with Gasteiger partial charge >= 0.3 is 0 Å². The first-order valence-electron chi connectivity index (χ1n) is 2.36. The molecule has 0 aromatic carbocycles. The number of primary amides is 1. The van der Waals surface area contributed by atoms with E-state index < -0.39 is 11.8 Å². The number of carbonyl (C=O) groups excluding carboxylic acids is 1. The topological polar surface area (TPSA) is 78.8 Å². The molecule has 0 atom stereocenters. The number of hydrogen-bond donors (Lipinski definition) is 2. The van der Waals surface area contributed by atoms with E-state index >= 15 is 0 Å². The van der Waals surface area contributed by atoms with E-state index in [4.69, 9.17) is 5.73 Å².